The molecule has 29 heavy (non-hydrogen) atoms. The van der Waals surface area contributed by atoms with Crippen molar-refractivity contribution in [3.63, 3.8) is 0 Å². The first kappa shape index (κ1) is 21.6. The summed E-state index contributed by atoms with van der Waals surface area (Å²) in [6, 6.07) is 10.8. The Bertz CT molecular complexity index is 1160. The van der Waals surface area contributed by atoms with Gasteiger partial charge in [0.2, 0.25) is 0 Å². The average Bonchev–Trinajstić information content (AvgIpc) is 2.68. The van der Waals surface area contributed by atoms with Gasteiger partial charge in [-0.25, -0.2) is 4.98 Å². The number of hydrogen-bond donors (Lipinski definition) is 0. The van der Waals surface area contributed by atoms with Crippen LogP contribution >= 0.6 is 38.5 Å². The summed E-state index contributed by atoms with van der Waals surface area (Å²) in [4.78, 5) is 28.9. The number of halogens is 2. The van der Waals surface area contributed by atoms with Crippen LogP contribution in [0.4, 0.5) is 0 Å². The Morgan fingerprint density at radius 1 is 1.31 bits per heavy atom. The molecule has 0 saturated heterocycles. The molecule has 2 aromatic carbocycles. The highest BCUT2D eigenvalue weighted by molar-refractivity contribution is 14.1. The summed E-state index contributed by atoms with van der Waals surface area (Å²) in [7, 11) is 0. The molecule has 0 saturated carbocycles. The second kappa shape index (κ2) is 9.62. The number of ether oxygens (including phenoxy) is 1. The smallest absolute Gasteiger partial charge is 0.308 e. The van der Waals surface area contributed by atoms with Crippen molar-refractivity contribution in [3.05, 3.63) is 66.2 Å². The van der Waals surface area contributed by atoms with Crippen LogP contribution in [0.3, 0.4) is 0 Å². The van der Waals surface area contributed by atoms with E-state index in [0.717, 1.165) is 26.4 Å². The van der Waals surface area contributed by atoms with Crippen LogP contribution in [-0.4, -0.2) is 21.8 Å². The maximum Gasteiger partial charge on any atom is 0.308 e. The summed E-state index contributed by atoms with van der Waals surface area (Å²) in [5.74, 6) is 0.757. The van der Waals surface area contributed by atoms with E-state index < -0.39 is 0 Å². The van der Waals surface area contributed by atoms with E-state index in [9.17, 15) is 9.59 Å². The summed E-state index contributed by atoms with van der Waals surface area (Å²) in [6.07, 6.45) is 4.19. The highest BCUT2D eigenvalue weighted by Gasteiger charge is 2.11. The molecule has 6 nitrogen and oxygen atoms in total. The van der Waals surface area contributed by atoms with Crippen molar-refractivity contribution in [2.75, 3.05) is 0 Å². The third-order valence-electron chi connectivity index (χ3n) is 4.16. The molecule has 0 bridgehead atoms. The average molecular weight is 568 g/mol. The van der Waals surface area contributed by atoms with Crippen LogP contribution < -0.4 is 10.3 Å². The van der Waals surface area contributed by atoms with Gasteiger partial charge in [-0.05, 0) is 71.0 Å². The van der Waals surface area contributed by atoms with Gasteiger partial charge in [0.1, 0.15) is 11.6 Å². The van der Waals surface area contributed by atoms with Gasteiger partial charge in [0, 0.05) is 17.8 Å². The van der Waals surface area contributed by atoms with Gasteiger partial charge in [0.05, 0.1) is 20.7 Å². The number of aryl methyl sites for hydroxylation is 1. The molecule has 0 radical (unpaired) electrons. The molecule has 0 aliphatic rings. The van der Waals surface area contributed by atoms with Crippen LogP contribution in [0.1, 0.15) is 38.1 Å². The number of hydrogen-bond acceptors (Lipinski definition) is 5. The van der Waals surface area contributed by atoms with Gasteiger partial charge in [-0.3, -0.25) is 9.59 Å². The molecule has 0 spiro atoms. The highest BCUT2D eigenvalue weighted by atomic mass is 127. The van der Waals surface area contributed by atoms with Gasteiger partial charge in [-0.1, -0.05) is 29.3 Å². The first-order chi connectivity index (χ1) is 13.9. The summed E-state index contributed by atoms with van der Waals surface area (Å²) >= 11 is 5.50. The van der Waals surface area contributed by atoms with E-state index in [4.69, 9.17) is 4.74 Å². The first-order valence-electron chi connectivity index (χ1n) is 9.12. The molecule has 0 atom stereocenters. The molecular weight excluding hydrogens is 549 g/mol. The fourth-order valence-corrected chi connectivity index (χ4v) is 3.78. The van der Waals surface area contributed by atoms with Crippen molar-refractivity contribution in [1.29, 1.82) is 0 Å². The minimum Gasteiger partial charge on any atom is -0.426 e. The number of carbonyl (C=O) groups is 1. The van der Waals surface area contributed by atoms with E-state index in [-0.39, 0.29) is 11.5 Å². The quantitative estimate of drug-likeness (QED) is 0.183. The molecule has 8 heteroatoms. The Balaban J connectivity index is 2.03. The Hall–Kier alpha value is -2.07. The van der Waals surface area contributed by atoms with E-state index in [1.54, 1.807) is 24.4 Å². The predicted molar refractivity (Wildman–Crippen MR) is 126 cm³/mol. The summed E-state index contributed by atoms with van der Waals surface area (Å²) in [6.45, 7) is 3.46. The maximum atomic E-state index is 13.1. The lowest BCUT2D eigenvalue weighted by atomic mass is 10.2. The van der Waals surface area contributed by atoms with Crippen molar-refractivity contribution in [3.8, 4) is 5.75 Å². The van der Waals surface area contributed by atoms with Gasteiger partial charge in [-0.15, -0.1) is 0 Å². The van der Waals surface area contributed by atoms with Crippen LogP contribution in [0.2, 0.25) is 0 Å². The van der Waals surface area contributed by atoms with Crippen molar-refractivity contribution < 1.29 is 9.53 Å². The molecular formula is C21H19BrIN3O3. The molecule has 3 aromatic rings. The zero-order valence-electron chi connectivity index (χ0n) is 16.0. The fourth-order valence-electron chi connectivity index (χ4n) is 2.77. The Morgan fingerprint density at radius 3 is 2.79 bits per heavy atom. The number of nitrogens with zero attached hydrogens (tertiary/aromatic N) is 3. The van der Waals surface area contributed by atoms with E-state index in [2.05, 4.69) is 55.5 Å². The number of unbranched alkanes of at least 4 members (excludes halogenated alkanes) is 1. The van der Waals surface area contributed by atoms with E-state index in [1.807, 2.05) is 18.2 Å². The lowest BCUT2D eigenvalue weighted by Crippen LogP contribution is -2.22. The minimum absolute atomic E-state index is 0.204. The molecule has 150 valence electrons. The van der Waals surface area contributed by atoms with Gasteiger partial charge >= 0.3 is 5.97 Å². The van der Waals surface area contributed by atoms with Crippen LogP contribution in [0.5, 0.6) is 5.75 Å². The third kappa shape index (κ3) is 5.30. The fraction of sp³-hybridized carbons (Fsp3) is 0.238. The van der Waals surface area contributed by atoms with E-state index >= 15 is 0 Å². The maximum absolute atomic E-state index is 13.1. The van der Waals surface area contributed by atoms with Crippen molar-refractivity contribution in [1.82, 2.24) is 9.66 Å². The number of carbonyl (C=O) groups excluding carboxylic acids is 1. The number of fused-ring (bicyclic) bond motifs is 1. The molecule has 0 unspecified atom stereocenters. The third-order valence-corrected chi connectivity index (χ3v) is 5.50. The van der Waals surface area contributed by atoms with Crippen LogP contribution in [-0.2, 0) is 11.2 Å². The predicted octanol–water partition coefficient (Wildman–Crippen LogP) is 4.91. The standard InChI is InChI=1S/C21H19BrIN3O3/c1-3-4-5-20-25-18-8-7-15(22)11-16(18)21(28)26(20)24-12-14-6-9-19(17(23)10-14)29-13(2)27/h6-12H,3-5H2,1-2H3. The molecule has 3 rings (SSSR count). The summed E-state index contributed by atoms with van der Waals surface area (Å²) in [5, 5.41) is 4.94. The molecule has 0 aliphatic heterocycles. The van der Waals surface area contributed by atoms with Gasteiger partial charge in [0.15, 0.2) is 0 Å². The Labute approximate surface area is 190 Å². The second-order valence-corrected chi connectivity index (χ2v) is 8.52. The van der Waals surface area contributed by atoms with Gasteiger partial charge in [0.25, 0.3) is 5.56 Å². The topological polar surface area (TPSA) is 73.6 Å². The molecule has 0 fully saturated rings. The van der Waals surface area contributed by atoms with Gasteiger partial charge < -0.3 is 4.74 Å². The number of rotatable bonds is 6. The van der Waals surface area contributed by atoms with E-state index in [1.165, 1.54) is 11.6 Å². The zero-order chi connectivity index (χ0) is 21.0. The Kier molecular flexibility index (Phi) is 7.18. The number of aromatic nitrogens is 2. The zero-order valence-corrected chi connectivity index (χ0v) is 19.7. The second-order valence-electron chi connectivity index (χ2n) is 6.44. The number of benzene rings is 2. The van der Waals surface area contributed by atoms with Crippen LogP contribution in [0.25, 0.3) is 10.9 Å². The Morgan fingerprint density at radius 2 is 2.10 bits per heavy atom. The summed E-state index contributed by atoms with van der Waals surface area (Å²) in [5.41, 5.74) is 1.24. The van der Waals surface area contributed by atoms with Crippen molar-refractivity contribution >= 4 is 61.6 Å². The van der Waals surface area contributed by atoms with Crippen molar-refractivity contribution in [2.45, 2.75) is 33.1 Å². The molecule has 0 amide bonds. The lowest BCUT2D eigenvalue weighted by Gasteiger charge is -2.09. The molecule has 1 aromatic heterocycles. The number of esters is 1. The normalized spacial score (nSPS) is 11.3. The highest BCUT2D eigenvalue weighted by Crippen LogP contribution is 2.22. The lowest BCUT2D eigenvalue weighted by molar-refractivity contribution is -0.131. The first-order valence-corrected chi connectivity index (χ1v) is 11.0. The van der Waals surface area contributed by atoms with E-state index in [0.29, 0.717) is 28.9 Å². The van der Waals surface area contributed by atoms with Crippen LogP contribution in [0.15, 0.2) is 50.8 Å². The largest absolute Gasteiger partial charge is 0.426 e. The molecule has 0 aliphatic carbocycles. The monoisotopic (exact) mass is 567 g/mol. The molecule has 1 heterocycles. The summed E-state index contributed by atoms with van der Waals surface area (Å²) < 4.78 is 8.11. The van der Waals surface area contributed by atoms with Crippen LogP contribution in [0, 0.1) is 3.57 Å². The molecule has 0 N–H and O–H groups in total. The van der Waals surface area contributed by atoms with Crippen molar-refractivity contribution in [2.24, 2.45) is 5.10 Å². The van der Waals surface area contributed by atoms with Gasteiger partial charge in [-0.2, -0.15) is 9.78 Å². The minimum atomic E-state index is -0.371. The SMILES string of the molecule is CCCCc1nc2ccc(Br)cc2c(=O)n1N=Cc1ccc(OC(C)=O)c(I)c1.